The second kappa shape index (κ2) is 10.0. The molecule has 3 aromatic rings. The van der Waals surface area contributed by atoms with Crippen LogP contribution in [0.3, 0.4) is 0 Å². The number of anilines is 2. The van der Waals surface area contributed by atoms with Crippen LogP contribution in [0.1, 0.15) is 24.1 Å². The minimum atomic E-state index is -0.0388. The molecule has 1 atom stereocenters. The maximum atomic E-state index is 12.1. The molecule has 0 unspecified atom stereocenters. The summed E-state index contributed by atoms with van der Waals surface area (Å²) in [5.74, 6) is 0.737. The van der Waals surface area contributed by atoms with E-state index in [0.717, 1.165) is 43.0 Å². The van der Waals surface area contributed by atoms with Gasteiger partial charge in [0.25, 0.3) is 0 Å². The molecule has 0 spiro atoms. The largest absolute Gasteiger partial charge is 0.462 e. The quantitative estimate of drug-likeness (QED) is 0.463. The van der Waals surface area contributed by atoms with E-state index in [2.05, 4.69) is 65.9 Å². The Balaban J connectivity index is 1.46. The van der Waals surface area contributed by atoms with Crippen LogP contribution in [0, 0.1) is 0 Å². The number of carbonyl (C=O) groups is 1. The summed E-state index contributed by atoms with van der Waals surface area (Å²) in [6.07, 6.45) is 4.47. The topological polar surface area (TPSA) is 61.8 Å². The van der Waals surface area contributed by atoms with Gasteiger partial charge in [-0.2, -0.15) is 9.97 Å². The summed E-state index contributed by atoms with van der Waals surface area (Å²) in [7, 11) is 4.03. The van der Waals surface area contributed by atoms with Gasteiger partial charge in [0.2, 0.25) is 0 Å². The highest BCUT2D eigenvalue weighted by Gasteiger charge is 2.27. The lowest BCUT2D eigenvalue weighted by Gasteiger charge is -2.33. The van der Waals surface area contributed by atoms with Gasteiger partial charge in [-0.25, -0.2) is 0 Å². The lowest BCUT2D eigenvalue weighted by Crippen LogP contribution is -2.35. The van der Waals surface area contributed by atoms with Crippen molar-refractivity contribution >= 4 is 28.1 Å². The molecule has 0 amide bonds. The molecule has 0 saturated carbocycles. The van der Waals surface area contributed by atoms with Crippen molar-refractivity contribution in [3.63, 3.8) is 0 Å². The second-order valence-electron chi connectivity index (χ2n) is 9.54. The average Bonchev–Trinajstić information content (AvgIpc) is 3.30. The van der Waals surface area contributed by atoms with Crippen LogP contribution in [0.2, 0.25) is 0 Å². The number of likely N-dealkylation sites (N-methyl/N-ethyl adjacent to an activating group) is 2. The first-order chi connectivity index (χ1) is 17.0. The van der Waals surface area contributed by atoms with E-state index in [1.54, 1.807) is 0 Å². The van der Waals surface area contributed by atoms with Crippen molar-refractivity contribution in [3.05, 3.63) is 66.4 Å². The Morgan fingerprint density at radius 3 is 2.83 bits per heavy atom. The molecule has 1 fully saturated rings. The van der Waals surface area contributed by atoms with E-state index in [1.165, 1.54) is 29.0 Å². The number of aromatic nitrogens is 2. The fourth-order valence-corrected chi connectivity index (χ4v) is 5.19. The molecule has 7 heteroatoms. The Kier molecular flexibility index (Phi) is 6.68. The lowest BCUT2D eigenvalue weighted by molar-refractivity contribution is -0.113. The van der Waals surface area contributed by atoms with Crippen LogP contribution in [0.5, 0.6) is 6.01 Å². The number of benzene rings is 2. The first kappa shape index (κ1) is 23.3. The molecule has 0 radical (unpaired) electrons. The number of ether oxygens (including phenoxy) is 1. The number of nitrogens with zero attached hydrogens (tertiary/aromatic N) is 5. The van der Waals surface area contributed by atoms with Gasteiger partial charge in [-0.1, -0.05) is 43.0 Å². The molecule has 5 rings (SSSR count). The molecular formula is C28H33N5O2. The number of hydrogen-bond acceptors (Lipinski definition) is 7. The number of rotatable bonds is 8. The summed E-state index contributed by atoms with van der Waals surface area (Å²) < 4.78 is 6.15. The molecule has 3 heterocycles. The van der Waals surface area contributed by atoms with Crippen molar-refractivity contribution in [1.29, 1.82) is 0 Å². The van der Waals surface area contributed by atoms with Crippen LogP contribution in [0.15, 0.2) is 55.1 Å². The molecule has 0 N–H and O–H groups in total. The van der Waals surface area contributed by atoms with Crippen molar-refractivity contribution in [2.45, 2.75) is 31.8 Å². The number of carbonyl (C=O) groups excluding carboxylic acids is 1. The van der Waals surface area contributed by atoms with Gasteiger partial charge in [-0.3, -0.25) is 4.79 Å². The van der Waals surface area contributed by atoms with Crippen molar-refractivity contribution in [2.24, 2.45) is 0 Å². The second-order valence-corrected chi connectivity index (χ2v) is 9.54. The standard InChI is InChI=1S/C28H33N5O2/c1-4-22(34)17-32(3)27-24-14-16-33(26-13-7-10-20-9-5-6-12-23(20)26)18-25(24)29-28(30-27)35-19-21-11-8-15-31(21)2/h4-7,9-10,12-13,21H,1,8,11,14-19H2,2-3H3/t21-/m0/s1. The predicted molar refractivity (Wildman–Crippen MR) is 140 cm³/mol. The summed E-state index contributed by atoms with van der Waals surface area (Å²) in [5.41, 5.74) is 3.26. The molecule has 2 aliphatic rings. The Labute approximate surface area is 207 Å². The minimum Gasteiger partial charge on any atom is -0.462 e. The van der Waals surface area contributed by atoms with Gasteiger partial charge in [0.05, 0.1) is 18.8 Å². The SMILES string of the molecule is C=CC(=O)CN(C)c1nc(OC[C@@H]2CCCN2C)nc2c1CCN(c1cccc3ccccc13)C2. The highest BCUT2D eigenvalue weighted by atomic mass is 16.5. The Morgan fingerprint density at radius 2 is 2.03 bits per heavy atom. The molecule has 0 aliphatic carbocycles. The fourth-order valence-electron chi connectivity index (χ4n) is 5.19. The maximum absolute atomic E-state index is 12.1. The molecule has 182 valence electrons. The third kappa shape index (κ3) is 4.86. The van der Waals surface area contributed by atoms with Gasteiger partial charge in [0, 0.05) is 36.3 Å². The molecule has 2 aliphatic heterocycles. The van der Waals surface area contributed by atoms with Crippen molar-refractivity contribution in [3.8, 4) is 6.01 Å². The molecule has 1 saturated heterocycles. The van der Waals surface area contributed by atoms with Crippen molar-refractivity contribution in [1.82, 2.24) is 14.9 Å². The monoisotopic (exact) mass is 471 g/mol. The summed E-state index contributed by atoms with van der Waals surface area (Å²) >= 11 is 0. The number of ketones is 1. The van der Waals surface area contributed by atoms with E-state index in [0.29, 0.717) is 25.2 Å². The zero-order valence-corrected chi connectivity index (χ0v) is 20.6. The van der Waals surface area contributed by atoms with Crippen LogP contribution in [0.4, 0.5) is 11.5 Å². The van der Waals surface area contributed by atoms with E-state index in [-0.39, 0.29) is 12.3 Å². The molecular weight excluding hydrogens is 438 g/mol. The number of fused-ring (bicyclic) bond motifs is 2. The van der Waals surface area contributed by atoms with Crippen molar-refractivity contribution < 1.29 is 9.53 Å². The van der Waals surface area contributed by atoms with Gasteiger partial charge in [-0.05, 0) is 50.4 Å². The predicted octanol–water partition coefficient (Wildman–Crippen LogP) is 3.86. The molecule has 7 nitrogen and oxygen atoms in total. The highest BCUT2D eigenvalue weighted by Crippen LogP contribution is 2.33. The fraction of sp³-hybridized carbons (Fsp3) is 0.393. The van der Waals surface area contributed by atoms with Crippen LogP contribution < -0.4 is 14.5 Å². The Hall–Kier alpha value is -3.45. The van der Waals surface area contributed by atoms with Crippen LogP contribution >= 0.6 is 0 Å². The van der Waals surface area contributed by atoms with Gasteiger partial charge in [0.15, 0.2) is 5.78 Å². The molecule has 1 aromatic heterocycles. The third-order valence-corrected chi connectivity index (χ3v) is 7.19. The first-order valence-corrected chi connectivity index (χ1v) is 12.4. The van der Waals surface area contributed by atoms with Gasteiger partial charge in [-0.15, -0.1) is 0 Å². The summed E-state index contributed by atoms with van der Waals surface area (Å²) in [4.78, 5) is 28.4. The summed E-state index contributed by atoms with van der Waals surface area (Å²) in [6.45, 7) is 7.03. The zero-order valence-electron chi connectivity index (χ0n) is 20.6. The van der Waals surface area contributed by atoms with E-state index in [1.807, 2.05) is 11.9 Å². The van der Waals surface area contributed by atoms with Gasteiger partial charge >= 0.3 is 6.01 Å². The molecule has 0 bridgehead atoms. The smallest absolute Gasteiger partial charge is 0.318 e. The normalized spacial score (nSPS) is 17.9. The van der Waals surface area contributed by atoms with Crippen molar-refractivity contribution in [2.75, 3.05) is 50.1 Å². The van der Waals surface area contributed by atoms with Crippen LogP contribution in [-0.4, -0.2) is 67.0 Å². The van der Waals surface area contributed by atoms with E-state index < -0.39 is 0 Å². The van der Waals surface area contributed by atoms with E-state index in [4.69, 9.17) is 14.7 Å². The zero-order chi connectivity index (χ0) is 24.4. The maximum Gasteiger partial charge on any atom is 0.318 e. The lowest BCUT2D eigenvalue weighted by atomic mass is 10.0. The first-order valence-electron chi connectivity index (χ1n) is 12.4. The Bertz CT molecular complexity index is 1240. The summed E-state index contributed by atoms with van der Waals surface area (Å²) in [6, 6.07) is 15.7. The minimum absolute atomic E-state index is 0.0388. The number of likely N-dealkylation sites (tertiary alicyclic amines) is 1. The Morgan fingerprint density at radius 1 is 1.20 bits per heavy atom. The third-order valence-electron chi connectivity index (χ3n) is 7.19. The molecule has 2 aromatic carbocycles. The number of hydrogen-bond donors (Lipinski definition) is 0. The van der Waals surface area contributed by atoms with Crippen LogP contribution in [-0.2, 0) is 17.8 Å². The van der Waals surface area contributed by atoms with Gasteiger partial charge < -0.3 is 19.4 Å². The summed E-state index contributed by atoms with van der Waals surface area (Å²) in [5, 5.41) is 2.47. The molecule has 35 heavy (non-hydrogen) atoms. The van der Waals surface area contributed by atoms with Gasteiger partial charge in [0.1, 0.15) is 12.4 Å². The van der Waals surface area contributed by atoms with E-state index >= 15 is 0 Å². The highest BCUT2D eigenvalue weighted by molar-refractivity contribution is 5.94. The van der Waals surface area contributed by atoms with E-state index in [9.17, 15) is 4.79 Å². The van der Waals surface area contributed by atoms with Crippen LogP contribution in [0.25, 0.3) is 10.8 Å². The average molecular weight is 472 g/mol.